The Morgan fingerprint density at radius 1 is 1.29 bits per heavy atom. The van der Waals surface area contributed by atoms with Gasteiger partial charge >= 0.3 is 0 Å². The minimum Gasteiger partial charge on any atom is -0.493 e. The number of halogens is 1. The summed E-state index contributed by atoms with van der Waals surface area (Å²) in [4.78, 5) is 0.00529. The van der Waals surface area contributed by atoms with Gasteiger partial charge < -0.3 is 10.5 Å². The number of rotatable bonds is 6. The third-order valence-electron chi connectivity index (χ3n) is 2.19. The van der Waals surface area contributed by atoms with Crippen molar-refractivity contribution in [3.05, 3.63) is 24.3 Å². The first kappa shape index (κ1) is 13.9. The maximum absolute atomic E-state index is 12.3. The lowest BCUT2D eigenvalue weighted by molar-refractivity contribution is 0.221. The van der Waals surface area contributed by atoms with Crippen molar-refractivity contribution in [2.45, 2.75) is 4.90 Å². The van der Waals surface area contributed by atoms with E-state index >= 15 is 0 Å². The van der Waals surface area contributed by atoms with E-state index in [0.717, 1.165) is 0 Å². The molecule has 7 heteroatoms. The summed E-state index contributed by atoms with van der Waals surface area (Å²) in [6.07, 6.45) is 0. The first-order valence-corrected chi connectivity index (χ1v) is 6.53. The molecule has 96 valence electrons. The van der Waals surface area contributed by atoms with Gasteiger partial charge in [0.25, 0.3) is 0 Å². The minimum absolute atomic E-state index is 0.00529. The molecule has 1 rings (SSSR count). The van der Waals surface area contributed by atoms with Gasteiger partial charge in [-0.2, -0.15) is 0 Å². The summed E-state index contributed by atoms with van der Waals surface area (Å²) >= 11 is 0. The Hall–Kier alpha value is -1.18. The summed E-state index contributed by atoms with van der Waals surface area (Å²) < 4.78 is 39.5. The lowest BCUT2D eigenvalue weighted by Gasteiger charge is -2.12. The molecule has 0 aliphatic heterocycles. The van der Waals surface area contributed by atoms with Crippen LogP contribution in [0.3, 0.4) is 0 Å². The van der Waals surface area contributed by atoms with E-state index in [-0.39, 0.29) is 24.0 Å². The molecule has 0 aliphatic carbocycles. The van der Waals surface area contributed by atoms with Crippen molar-refractivity contribution in [1.82, 2.24) is 0 Å². The van der Waals surface area contributed by atoms with E-state index < -0.39 is 16.7 Å². The van der Waals surface area contributed by atoms with Crippen molar-refractivity contribution in [2.75, 3.05) is 19.8 Å². The predicted molar refractivity (Wildman–Crippen MR) is 61.8 cm³/mol. The van der Waals surface area contributed by atoms with E-state index in [1.807, 2.05) is 0 Å². The number of hydrogen-bond donors (Lipinski definition) is 2. The number of sulfonamides is 1. The van der Waals surface area contributed by atoms with Crippen molar-refractivity contribution in [3.8, 4) is 5.75 Å². The van der Waals surface area contributed by atoms with Gasteiger partial charge in [0.05, 0.1) is 18.2 Å². The Morgan fingerprint density at radius 3 is 2.29 bits per heavy atom. The van der Waals surface area contributed by atoms with Gasteiger partial charge in [-0.25, -0.2) is 13.6 Å². The van der Waals surface area contributed by atoms with E-state index in [4.69, 9.17) is 15.6 Å². The summed E-state index contributed by atoms with van der Waals surface area (Å²) in [6, 6.07) is 5.59. The molecule has 0 spiro atoms. The molecule has 0 aromatic heterocycles. The second-order valence-corrected chi connectivity index (χ2v) is 5.14. The molecule has 0 saturated carbocycles. The molecule has 1 aromatic rings. The molecule has 5 nitrogen and oxygen atoms in total. The molecule has 4 N–H and O–H groups in total. The monoisotopic (exact) mass is 262 g/mol. The van der Waals surface area contributed by atoms with E-state index in [9.17, 15) is 12.8 Å². The number of primary sulfonamides is 1. The topological polar surface area (TPSA) is 95.4 Å². The van der Waals surface area contributed by atoms with E-state index in [2.05, 4.69) is 0 Å². The van der Waals surface area contributed by atoms with Gasteiger partial charge in [-0.15, -0.1) is 0 Å². The van der Waals surface area contributed by atoms with Gasteiger partial charge in [0.15, 0.2) is 0 Å². The maximum Gasteiger partial charge on any atom is 0.238 e. The van der Waals surface area contributed by atoms with Crippen LogP contribution in [0.2, 0.25) is 0 Å². The maximum atomic E-state index is 12.3. The van der Waals surface area contributed by atoms with Crippen LogP contribution in [0.15, 0.2) is 29.2 Å². The molecule has 1 atom stereocenters. The number of ether oxygens (including phenoxy) is 1. The third kappa shape index (κ3) is 4.29. The standard InChI is InChI=1S/C10H15FN2O3S/c11-5-8(6-12)7-16-9-1-3-10(4-2-9)17(13,14)15/h1-4,8H,5-7,12H2,(H2,13,14,15). The van der Waals surface area contributed by atoms with Gasteiger partial charge in [-0.1, -0.05) is 0 Å². The van der Waals surface area contributed by atoms with Crippen LogP contribution >= 0.6 is 0 Å². The summed E-state index contributed by atoms with van der Waals surface area (Å²) in [5.41, 5.74) is 5.31. The third-order valence-corrected chi connectivity index (χ3v) is 3.12. The van der Waals surface area contributed by atoms with Crippen molar-refractivity contribution < 1.29 is 17.5 Å². The first-order chi connectivity index (χ1) is 7.97. The normalized spacial score (nSPS) is 13.4. The molecule has 17 heavy (non-hydrogen) atoms. The van der Waals surface area contributed by atoms with Gasteiger partial charge in [-0.05, 0) is 24.3 Å². The lowest BCUT2D eigenvalue weighted by atomic mass is 10.2. The van der Waals surface area contributed by atoms with Gasteiger partial charge in [0, 0.05) is 12.5 Å². The molecule has 0 aliphatic rings. The number of alkyl halides is 1. The molecule has 0 amide bonds. The molecular weight excluding hydrogens is 247 g/mol. The Morgan fingerprint density at radius 2 is 1.88 bits per heavy atom. The highest BCUT2D eigenvalue weighted by Crippen LogP contribution is 2.15. The fourth-order valence-electron chi connectivity index (χ4n) is 1.12. The average Bonchev–Trinajstić information content (AvgIpc) is 2.30. The summed E-state index contributed by atoms with van der Waals surface area (Å²) in [6.45, 7) is -0.195. The zero-order valence-corrected chi connectivity index (χ0v) is 9.99. The van der Waals surface area contributed by atoms with Crippen molar-refractivity contribution >= 4 is 10.0 Å². The zero-order chi connectivity index (χ0) is 12.9. The van der Waals surface area contributed by atoms with Crippen LogP contribution in [0.25, 0.3) is 0 Å². The van der Waals surface area contributed by atoms with Gasteiger partial charge in [0.2, 0.25) is 10.0 Å². The second-order valence-electron chi connectivity index (χ2n) is 3.58. The first-order valence-electron chi connectivity index (χ1n) is 4.99. The fraction of sp³-hybridized carbons (Fsp3) is 0.400. The largest absolute Gasteiger partial charge is 0.493 e. The van der Waals surface area contributed by atoms with Crippen LogP contribution in [0.1, 0.15) is 0 Å². The van der Waals surface area contributed by atoms with E-state index in [0.29, 0.717) is 5.75 Å². The quantitative estimate of drug-likeness (QED) is 0.768. The molecule has 0 radical (unpaired) electrons. The fourth-order valence-corrected chi connectivity index (χ4v) is 1.63. The number of nitrogens with two attached hydrogens (primary N) is 2. The molecule has 0 heterocycles. The minimum atomic E-state index is -3.70. The average molecular weight is 262 g/mol. The van der Waals surface area contributed by atoms with E-state index in [1.165, 1.54) is 24.3 Å². The smallest absolute Gasteiger partial charge is 0.238 e. The van der Waals surface area contributed by atoms with Crippen LogP contribution in [0, 0.1) is 5.92 Å². The summed E-state index contributed by atoms with van der Waals surface area (Å²) in [5.74, 6) is 0.0946. The number of hydrogen-bond acceptors (Lipinski definition) is 4. The predicted octanol–water partition coefficient (Wildman–Crippen LogP) is 0.257. The molecule has 0 saturated heterocycles. The zero-order valence-electron chi connectivity index (χ0n) is 9.17. The summed E-state index contributed by atoms with van der Waals surface area (Å²) in [7, 11) is -3.70. The SMILES string of the molecule is NCC(CF)COc1ccc(S(N)(=O)=O)cc1. The molecule has 1 aromatic carbocycles. The van der Waals surface area contributed by atoms with Crippen molar-refractivity contribution in [1.29, 1.82) is 0 Å². The molecule has 1 unspecified atom stereocenters. The molecule has 0 fully saturated rings. The lowest BCUT2D eigenvalue weighted by Crippen LogP contribution is -2.23. The highest BCUT2D eigenvalue weighted by molar-refractivity contribution is 7.89. The van der Waals surface area contributed by atoms with Crippen LogP contribution in [-0.2, 0) is 10.0 Å². The Kier molecular flexibility index (Phi) is 4.86. The number of benzene rings is 1. The molecule has 0 bridgehead atoms. The second kappa shape index (κ2) is 5.95. The Bertz CT molecular complexity index is 443. The van der Waals surface area contributed by atoms with E-state index in [1.54, 1.807) is 0 Å². The van der Waals surface area contributed by atoms with Crippen LogP contribution < -0.4 is 15.6 Å². The van der Waals surface area contributed by atoms with Crippen molar-refractivity contribution in [3.63, 3.8) is 0 Å². The Labute approximate surface area is 99.6 Å². The summed E-state index contributed by atoms with van der Waals surface area (Å²) in [5, 5.41) is 4.94. The van der Waals surface area contributed by atoms with Crippen LogP contribution in [-0.4, -0.2) is 28.2 Å². The van der Waals surface area contributed by atoms with Crippen molar-refractivity contribution in [2.24, 2.45) is 16.8 Å². The van der Waals surface area contributed by atoms with Gasteiger partial charge in [0.1, 0.15) is 5.75 Å². The van der Waals surface area contributed by atoms with Gasteiger partial charge in [-0.3, -0.25) is 4.39 Å². The Balaban J connectivity index is 2.63. The van der Waals surface area contributed by atoms with Crippen LogP contribution in [0.5, 0.6) is 5.75 Å². The molecular formula is C10H15FN2O3S. The highest BCUT2D eigenvalue weighted by atomic mass is 32.2. The van der Waals surface area contributed by atoms with Crippen LogP contribution in [0.4, 0.5) is 4.39 Å². The highest BCUT2D eigenvalue weighted by Gasteiger charge is 2.09.